The molecule has 1 N–H and O–H groups in total. The van der Waals surface area contributed by atoms with Crippen LogP contribution < -0.4 is 5.32 Å². The predicted molar refractivity (Wildman–Crippen MR) is 61.5 cm³/mol. The fraction of sp³-hybridized carbons (Fsp3) is 0.692. The Morgan fingerprint density at radius 2 is 2.27 bits per heavy atom. The first-order valence-electron chi connectivity index (χ1n) is 6.01. The van der Waals surface area contributed by atoms with Gasteiger partial charge >= 0.3 is 0 Å². The summed E-state index contributed by atoms with van der Waals surface area (Å²) in [5.74, 6) is 2.71. The third-order valence-corrected chi connectivity index (χ3v) is 3.58. The number of hydrogen-bond donors (Lipinski definition) is 1. The van der Waals surface area contributed by atoms with Gasteiger partial charge in [-0.05, 0) is 36.8 Å². The molecule has 1 saturated carbocycles. The van der Waals surface area contributed by atoms with E-state index in [-0.39, 0.29) is 0 Å². The molecule has 0 amide bonds. The van der Waals surface area contributed by atoms with Crippen molar-refractivity contribution < 1.29 is 4.42 Å². The third kappa shape index (κ3) is 2.85. The highest BCUT2D eigenvalue weighted by molar-refractivity contribution is 4.98. The van der Waals surface area contributed by atoms with E-state index in [0.29, 0.717) is 6.04 Å². The van der Waals surface area contributed by atoms with E-state index in [9.17, 15) is 0 Å². The summed E-state index contributed by atoms with van der Waals surface area (Å²) in [7, 11) is 0. The van der Waals surface area contributed by atoms with E-state index in [2.05, 4.69) is 19.2 Å². The summed E-state index contributed by atoms with van der Waals surface area (Å²) >= 11 is 0. The first kappa shape index (κ1) is 10.7. The maximum atomic E-state index is 5.32. The van der Waals surface area contributed by atoms with Crippen molar-refractivity contribution in [2.24, 2.45) is 11.8 Å². The van der Waals surface area contributed by atoms with Crippen LogP contribution in [0.25, 0.3) is 0 Å². The highest BCUT2D eigenvalue weighted by Gasteiger charge is 2.24. The molecule has 0 radical (unpaired) electrons. The summed E-state index contributed by atoms with van der Waals surface area (Å²) in [5.41, 5.74) is 0. The molecule has 0 aliphatic heterocycles. The lowest BCUT2D eigenvalue weighted by atomic mass is 9.80. The van der Waals surface area contributed by atoms with Crippen LogP contribution in [0.5, 0.6) is 0 Å². The largest absolute Gasteiger partial charge is 0.468 e. The smallest absolute Gasteiger partial charge is 0.117 e. The van der Waals surface area contributed by atoms with E-state index in [1.54, 1.807) is 6.26 Å². The Labute approximate surface area is 92.1 Å². The predicted octanol–water partition coefficient (Wildman–Crippen LogP) is 3.19. The minimum Gasteiger partial charge on any atom is -0.468 e. The van der Waals surface area contributed by atoms with Gasteiger partial charge in [0.2, 0.25) is 0 Å². The molecule has 1 heterocycles. The van der Waals surface area contributed by atoms with E-state index in [1.807, 2.05) is 12.1 Å². The Kier molecular flexibility index (Phi) is 3.47. The number of rotatable bonds is 3. The van der Waals surface area contributed by atoms with E-state index in [0.717, 1.165) is 24.1 Å². The van der Waals surface area contributed by atoms with Crippen LogP contribution in [0.15, 0.2) is 22.8 Å². The van der Waals surface area contributed by atoms with Crippen molar-refractivity contribution in [3.05, 3.63) is 24.2 Å². The minimum atomic E-state index is 0.666. The van der Waals surface area contributed by atoms with Crippen LogP contribution in [0, 0.1) is 11.8 Å². The third-order valence-electron chi connectivity index (χ3n) is 3.58. The second-order valence-corrected chi connectivity index (χ2v) is 4.96. The summed E-state index contributed by atoms with van der Waals surface area (Å²) in [6.07, 6.45) is 5.79. The summed E-state index contributed by atoms with van der Waals surface area (Å²) < 4.78 is 5.32. The number of furan rings is 1. The van der Waals surface area contributed by atoms with Gasteiger partial charge in [-0.25, -0.2) is 0 Å². The van der Waals surface area contributed by atoms with Crippen molar-refractivity contribution in [1.29, 1.82) is 0 Å². The molecule has 1 aromatic rings. The number of nitrogens with one attached hydrogen (secondary N) is 1. The molecule has 3 unspecified atom stereocenters. The van der Waals surface area contributed by atoms with Crippen LogP contribution >= 0.6 is 0 Å². The lowest BCUT2D eigenvalue weighted by Gasteiger charge is -2.33. The Hall–Kier alpha value is -0.760. The molecule has 2 rings (SSSR count). The molecular weight excluding hydrogens is 186 g/mol. The molecule has 2 heteroatoms. The quantitative estimate of drug-likeness (QED) is 0.823. The Balaban J connectivity index is 1.82. The molecule has 1 aliphatic rings. The monoisotopic (exact) mass is 207 g/mol. The van der Waals surface area contributed by atoms with Crippen LogP contribution in [-0.2, 0) is 6.54 Å². The lowest BCUT2D eigenvalue weighted by molar-refractivity contribution is 0.224. The van der Waals surface area contributed by atoms with Crippen molar-refractivity contribution >= 4 is 0 Å². The van der Waals surface area contributed by atoms with Crippen LogP contribution in [0.4, 0.5) is 0 Å². The summed E-state index contributed by atoms with van der Waals surface area (Å²) in [5, 5.41) is 3.61. The first-order chi connectivity index (χ1) is 7.25. The van der Waals surface area contributed by atoms with Crippen LogP contribution in [0.1, 0.15) is 38.9 Å². The van der Waals surface area contributed by atoms with Gasteiger partial charge in [0.1, 0.15) is 5.76 Å². The van der Waals surface area contributed by atoms with Crippen molar-refractivity contribution in [1.82, 2.24) is 5.32 Å². The van der Waals surface area contributed by atoms with Gasteiger partial charge in [-0.3, -0.25) is 0 Å². The molecular formula is C13H21NO. The highest BCUT2D eigenvalue weighted by atomic mass is 16.3. The average Bonchev–Trinajstić information content (AvgIpc) is 2.72. The molecule has 1 fully saturated rings. The van der Waals surface area contributed by atoms with Crippen molar-refractivity contribution in [2.75, 3.05) is 0 Å². The van der Waals surface area contributed by atoms with Crippen molar-refractivity contribution in [2.45, 2.75) is 45.7 Å². The van der Waals surface area contributed by atoms with Gasteiger partial charge < -0.3 is 9.73 Å². The molecule has 0 bridgehead atoms. The molecule has 0 saturated heterocycles. The molecule has 0 spiro atoms. The Bertz CT molecular complexity index is 281. The van der Waals surface area contributed by atoms with E-state index in [1.165, 1.54) is 19.3 Å². The molecule has 0 aromatic carbocycles. The zero-order valence-electron chi connectivity index (χ0n) is 9.70. The average molecular weight is 207 g/mol. The van der Waals surface area contributed by atoms with Gasteiger partial charge in [0.15, 0.2) is 0 Å². The zero-order valence-corrected chi connectivity index (χ0v) is 9.70. The summed E-state index contributed by atoms with van der Waals surface area (Å²) in [4.78, 5) is 0. The van der Waals surface area contributed by atoms with Crippen LogP contribution in [0.2, 0.25) is 0 Å². The van der Waals surface area contributed by atoms with Crippen LogP contribution in [0.3, 0.4) is 0 Å². The molecule has 15 heavy (non-hydrogen) atoms. The van der Waals surface area contributed by atoms with Crippen LogP contribution in [-0.4, -0.2) is 6.04 Å². The maximum absolute atomic E-state index is 5.32. The highest BCUT2D eigenvalue weighted by Crippen LogP contribution is 2.28. The normalized spacial score (nSPS) is 31.7. The molecule has 1 aliphatic carbocycles. The Morgan fingerprint density at radius 1 is 1.40 bits per heavy atom. The minimum absolute atomic E-state index is 0.666. The van der Waals surface area contributed by atoms with Crippen molar-refractivity contribution in [3.63, 3.8) is 0 Å². The number of hydrogen-bond acceptors (Lipinski definition) is 2. The van der Waals surface area contributed by atoms with Gasteiger partial charge in [-0.15, -0.1) is 0 Å². The lowest BCUT2D eigenvalue weighted by Crippen LogP contribution is -2.38. The zero-order chi connectivity index (χ0) is 10.7. The second kappa shape index (κ2) is 4.84. The van der Waals surface area contributed by atoms with E-state index >= 15 is 0 Å². The second-order valence-electron chi connectivity index (χ2n) is 4.96. The molecule has 3 atom stereocenters. The van der Waals surface area contributed by atoms with Gasteiger partial charge in [0.05, 0.1) is 12.8 Å². The van der Waals surface area contributed by atoms with Gasteiger partial charge in [0.25, 0.3) is 0 Å². The SMILES string of the molecule is CC1CCC(C)C(NCc2ccco2)C1. The molecule has 2 nitrogen and oxygen atoms in total. The van der Waals surface area contributed by atoms with Gasteiger partial charge in [-0.1, -0.05) is 20.3 Å². The Morgan fingerprint density at radius 3 is 3.00 bits per heavy atom. The first-order valence-corrected chi connectivity index (χ1v) is 6.01. The fourth-order valence-electron chi connectivity index (χ4n) is 2.46. The van der Waals surface area contributed by atoms with E-state index in [4.69, 9.17) is 4.42 Å². The van der Waals surface area contributed by atoms with Gasteiger partial charge in [0, 0.05) is 6.04 Å². The molecule has 84 valence electrons. The van der Waals surface area contributed by atoms with Gasteiger partial charge in [-0.2, -0.15) is 0 Å². The fourth-order valence-corrected chi connectivity index (χ4v) is 2.46. The van der Waals surface area contributed by atoms with Crippen molar-refractivity contribution in [3.8, 4) is 0 Å². The standard InChI is InChI=1S/C13H21NO/c1-10-5-6-11(2)13(8-10)14-9-12-4-3-7-15-12/h3-4,7,10-11,13-14H,5-6,8-9H2,1-2H3. The topological polar surface area (TPSA) is 25.2 Å². The summed E-state index contributed by atoms with van der Waals surface area (Å²) in [6, 6.07) is 4.65. The van der Waals surface area contributed by atoms with E-state index < -0.39 is 0 Å². The molecule has 1 aromatic heterocycles. The maximum Gasteiger partial charge on any atom is 0.117 e. The summed E-state index contributed by atoms with van der Waals surface area (Å²) in [6.45, 7) is 5.58.